The molecule has 0 bridgehead atoms. The van der Waals surface area contributed by atoms with Gasteiger partial charge in [0.15, 0.2) is 0 Å². The second-order valence-electron chi connectivity index (χ2n) is 5.83. The Morgan fingerprint density at radius 2 is 1.83 bits per heavy atom. The summed E-state index contributed by atoms with van der Waals surface area (Å²) in [6.45, 7) is 0. The highest BCUT2D eigenvalue weighted by atomic mass is 35.5. The number of alkyl halides is 3. The van der Waals surface area contributed by atoms with Crippen LogP contribution in [0.25, 0.3) is 17.9 Å². The van der Waals surface area contributed by atoms with Gasteiger partial charge in [-0.15, -0.1) is 5.10 Å². The zero-order chi connectivity index (χ0) is 20.4. The molecule has 0 aliphatic rings. The molecule has 3 heterocycles. The van der Waals surface area contributed by atoms with Crippen LogP contribution >= 0.6 is 23.4 Å². The van der Waals surface area contributed by atoms with Crippen molar-refractivity contribution < 1.29 is 13.2 Å². The van der Waals surface area contributed by atoms with E-state index < -0.39 is 11.7 Å². The molecule has 0 atom stereocenters. The molecule has 0 saturated heterocycles. The van der Waals surface area contributed by atoms with Crippen LogP contribution < -0.4 is 0 Å². The summed E-state index contributed by atoms with van der Waals surface area (Å²) in [6.07, 6.45) is 1.63. The number of fused-ring (bicyclic) bond motifs is 1. The second-order valence-corrected chi connectivity index (χ2v) is 7.19. The van der Waals surface area contributed by atoms with Gasteiger partial charge in [0.2, 0.25) is 5.16 Å². The lowest BCUT2D eigenvalue weighted by Crippen LogP contribution is -2.05. The zero-order valence-corrected chi connectivity index (χ0v) is 16.1. The van der Waals surface area contributed by atoms with Crippen LogP contribution in [0.15, 0.2) is 65.0 Å². The third kappa shape index (κ3) is 4.41. The van der Waals surface area contributed by atoms with E-state index in [1.807, 2.05) is 42.5 Å². The molecule has 0 aliphatic carbocycles. The maximum absolute atomic E-state index is 12.8. The minimum absolute atomic E-state index is 0.124. The fourth-order valence-corrected chi connectivity index (χ4v) is 3.42. The molecule has 4 rings (SSSR count). The summed E-state index contributed by atoms with van der Waals surface area (Å²) in [5.74, 6) is 0.353. The molecule has 0 saturated carbocycles. The molecule has 0 unspecified atom stereocenters. The molecule has 0 N–H and O–H groups in total. The Balaban J connectivity index is 1.62. The molecular weight excluding hydrogens is 423 g/mol. The van der Waals surface area contributed by atoms with Gasteiger partial charge < -0.3 is 0 Å². The summed E-state index contributed by atoms with van der Waals surface area (Å²) in [5, 5.41) is 4.69. The van der Waals surface area contributed by atoms with E-state index in [1.54, 1.807) is 16.8 Å². The van der Waals surface area contributed by atoms with Crippen molar-refractivity contribution in [2.75, 3.05) is 0 Å². The number of benzene rings is 1. The van der Waals surface area contributed by atoms with Gasteiger partial charge in [-0.05, 0) is 35.5 Å². The predicted molar refractivity (Wildman–Crippen MR) is 105 cm³/mol. The first kappa shape index (κ1) is 19.4. The van der Waals surface area contributed by atoms with Crippen LogP contribution in [0.1, 0.15) is 16.8 Å². The lowest BCUT2D eigenvalue weighted by atomic mass is 10.2. The lowest BCUT2D eigenvalue weighted by molar-refractivity contribution is -0.137. The number of hydrogen-bond donors (Lipinski definition) is 0. The summed E-state index contributed by atoms with van der Waals surface area (Å²) in [6, 6.07) is 12.4. The largest absolute Gasteiger partial charge is 0.417 e. The van der Waals surface area contributed by atoms with Gasteiger partial charge in [0.25, 0.3) is 5.78 Å². The van der Waals surface area contributed by atoms with E-state index in [0.717, 1.165) is 35.3 Å². The minimum Gasteiger partial charge on any atom is -0.247 e. The van der Waals surface area contributed by atoms with Gasteiger partial charge in [-0.1, -0.05) is 48.0 Å². The van der Waals surface area contributed by atoms with Crippen LogP contribution in [0.5, 0.6) is 0 Å². The van der Waals surface area contributed by atoms with Crippen molar-refractivity contribution in [1.82, 2.24) is 24.6 Å². The molecular formula is C19H11ClF3N5S. The van der Waals surface area contributed by atoms with E-state index in [-0.39, 0.29) is 15.2 Å². The zero-order valence-electron chi connectivity index (χ0n) is 14.5. The van der Waals surface area contributed by atoms with E-state index in [9.17, 15) is 13.2 Å². The molecule has 3 aromatic heterocycles. The van der Waals surface area contributed by atoms with Gasteiger partial charge in [-0.25, -0.2) is 9.97 Å². The highest BCUT2D eigenvalue weighted by molar-refractivity contribution is 7.99. The Morgan fingerprint density at radius 3 is 2.55 bits per heavy atom. The number of nitrogens with zero attached hydrogens (tertiary/aromatic N) is 5. The van der Waals surface area contributed by atoms with Crippen LogP contribution in [0.4, 0.5) is 13.2 Å². The SMILES string of the molecule is FC(F)(F)c1cnc(Sc2nc3nccc(C=Cc4ccccc4)n3n2)c(Cl)c1. The summed E-state index contributed by atoms with van der Waals surface area (Å²) in [4.78, 5) is 12.2. The third-order valence-electron chi connectivity index (χ3n) is 3.82. The van der Waals surface area contributed by atoms with Gasteiger partial charge in [-0.2, -0.15) is 22.7 Å². The molecule has 146 valence electrons. The molecule has 29 heavy (non-hydrogen) atoms. The summed E-state index contributed by atoms with van der Waals surface area (Å²) >= 11 is 6.93. The first-order valence-electron chi connectivity index (χ1n) is 8.26. The molecule has 0 fully saturated rings. The Bertz CT molecular complexity index is 1190. The lowest BCUT2D eigenvalue weighted by Gasteiger charge is -2.07. The van der Waals surface area contributed by atoms with Crippen molar-refractivity contribution >= 4 is 41.3 Å². The quantitative estimate of drug-likeness (QED) is 0.424. The Kier molecular flexibility index (Phi) is 5.25. The Morgan fingerprint density at radius 1 is 1.03 bits per heavy atom. The average Bonchev–Trinajstić information content (AvgIpc) is 3.11. The summed E-state index contributed by atoms with van der Waals surface area (Å²) in [7, 11) is 0. The maximum atomic E-state index is 12.8. The number of rotatable bonds is 4. The molecule has 0 aliphatic heterocycles. The van der Waals surface area contributed by atoms with Crippen LogP contribution in [0.2, 0.25) is 5.02 Å². The second kappa shape index (κ2) is 7.84. The standard InChI is InChI=1S/C19H11ClF3N5S/c20-15-10-13(19(21,22)23)11-25-16(15)29-18-26-17-24-9-8-14(28(17)27-18)7-6-12-4-2-1-3-5-12/h1-11H. The van der Waals surface area contributed by atoms with Gasteiger partial charge in [0.1, 0.15) is 5.03 Å². The molecule has 0 amide bonds. The normalized spacial score (nSPS) is 12.1. The number of aromatic nitrogens is 5. The molecule has 0 radical (unpaired) electrons. The van der Waals surface area contributed by atoms with Crippen molar-refractivity contribution in [1.29, 1.82) is 0 Å². The number of pyridine rings is 1. The van der Waals surface area contributed by atoms with Gasteiger partial charge in [0.05, 0.1) is 16.3 Å². The molecule has 1 aromatic carbocycles. The highest BCUT2D eigenvalue weighted by Crippen LogP contribution is 2.35. The van der Waals surface area contributed by atoms with Crippen molar-refractivity contribution in [2.45, 2.75) is 16.4 Å². The van der Waals surface area contributed by atoms with Crippen molar-refractivity contribution in [3.05, 3.63) is 76.7 Å². The monoisotopic (exact) mass is 433 g/mol. The highest BCUT2D eigenvalue weighted by Gasteiger charge is 2.31. The van der Waals surface area contributed by atoms with Gasteiger partial charge in [-0.3, -0.25) is 0 Å². The average molecular weight is 434 g/mol. The predicted octanol–water partition coefficient (Wildman–Crippen LogP) is 5.51. The Labute approximate surface area is 172 Å². The number of halogens is 4. The van der Waals surface area contributed by atoms with E-state index in [1.165, 1.54) is 0 Å². The van der Waals surface area contributed by atoms with E-state index in [4.69, 9.17) is 11.6 Å². The fourth-order valence-electron chi connectivity index (χ4n) is 2.45. The van der Waals surface area contributed by atoms with Crippen molar-refractivity contribution in [3.63, 3.8) is 0 Å². The molecule has 10 heteroatoms. The summed E-state index contributed by atoms with van der Waals surface area (Å²) < 4.78 is 39.8. The molecule has 0 spiro atoms. The summed E-state index contributed by atoms with van der Waals surface area (Å²) in [5.41, 5.74) is 0.849. The van der Waals surface area contributed by atoms with E-state index >= 15 is 0 Å². The van der Waals surface area contributed by atoms with Crippen LogP contribution in [-0.2, 0) is 6.18 Å². The number of hydrogen-bond acceptors (Lipinski definition) is 5. The van der Waals surface area contributed by atoms with E-state index in [0.29, 0.717) is 5.78 Å². The Hall–Kier alpha value is -2.91. The first-order chi connectivity index (χ1) is 13.9. The molecule has 4 aromatic rings. The smallest absolute Gasteiger partial charge is 0.247 e. The maximum Gasteiger partial charge on any atom is 0.417 e. The van der Waals surface area contributed by atoms with E-state index in [2.05, 4.69) is 20.1 Å². The van der Waals surface area contributed by atoms with Crippen LogP contribution in [0, 0.1) is 0 Å². The van der Waals surface area contributed by atoms with Crippen LogP contribution in [0.3, 0.4) is 0 Å². The van der Waals surface area contributed by atoms with Gasteiger partial charge in [0, 0.05) is 12.4 Å². The molecule has 5 nitrogen and oxygen atoms in total. The topological polar surface area (TPSA) is 56.0 Å². The first-order valence-corrected chi connectivity index (χ1v) is 9.45. The third-order valence-corrected chi connectivity index (χ3v) is 5.09. The fraction of sp³-hybridized carbons (Fsp3) is 0.0526. The van der Waals surface area contributed by atoms with Crippen molar-refractivity contribution in [3.8, 4) is 0 Å². The minimum atomic E-state index is -4.51. The van der Waals surface area contributed by atoms with Gasteiger partial charge >= 0.3 is 6.18 Å². The van der Waals surface area contributed by atoms with Crippen LogP contribution in [-0.4, -0.2) is 24.6 Å². The van der Waals surface area contributed by atoms with Crippen molar-refractivity contribution in [2.24, 2.45) is 0 Å².